The van der Waals surface area contributed by atoms with Crippen molar-refractivity contribution in [3.8, 4) is 0 Å². The lowest BCUT2D eigenvalue weighted by Crippen LogP contribution is -2.19. The quantitative estimate of drug-likeness (QED) is 0.854. The van der Waals surface area contributed by atoms with Gasteiger partial charge in [-0.15, -0.1) is 0 Å². The summed E-state index contributed by atoms with van der Waals surface area (Å²) in [5, 5.41) is 3.71. The molecule has 0 amide bonds. The largest absolute Gasteiger partial charge is 0.306 e. The molecule has 21 heavy (non-hydrogen) atoms. The molecule has 0 bridgehead atoms. The Morgan fingerprint density at radius 2 is 1.71 bits per heavy atom. The summed E-state index contributed by atoms with van der Waals surface area (Å²) >= 11 is 0. The van der Waals surface area contributed by atoms with Crippen LogP contribution in [0.1, 0.15) is 55.5 Å². The van der Waals surface area contributed by atoms with E-state index in [1.165, 1.54) is 35.1 Å². The zero-order valence-electron chi connectivity index (χ0n) is 13.3. The monoisotopic (exact) mass is 279 g/mol. The molecule has 0 heterocycles. The first-order valence-electron chi connectivity index (χ1n) is 7.94. The number of benzene rings is 2. The second kappa shape index (κ2) is 5.65. The fourth-order valence-electron chi connectivity index (χ4n) is 3.13. The molecule has 0 saturated carbocycles. The lowest BCUT2D eigenvalue weighted by molar-refractivity contribution is 0.529. The van der Waals surface area contributed by atoms with Crippen LogP contribution in [-0.4, -0.2) is 0 Å². The Morgan fingerprint density at radius 3 is 2.43 bits per heavy atom. The Labute approximate surface area is 128 Å². The smallest absolute Gasteiger partial charge is 0.0329 e. The molecule has 0 fully saturated rings. The molecule has 0 aliphatic heterocycles. The summed E-state index contributed by atoms with van der Waals surface area (Å²) in [6.45, 7) is 7.73. The van der Waals surface area contributed by atoms with Crippen molar-refractivity contribution in [2.24, 2.45) is 0 Å². The number of nitrogens with one attached hydrogen (secondary N) is 1. The van der Waals surface area contributed by atoms with Crippen LogP contribution in [0.25, 0.3) is 0 Å². The fraction of sp³-hybridized carbons (Fsp3) is 0.400. The standard InChI is InChI=1S/C20H25N/c1-20(2,3)17-11-8-15(9-12-17)14-21-19-13-10-16-6-4-5-7-18(16)19/h4-9,11-12,19,21H,10,13-14H2,1-3H3. The highest BCUT2D eigenvalue weighted by Gasteiger charge is 2.21. The molecule has 0 aromatic heterocycles. The maximum atomic E-state index is 3.71. The zero-order valence-corrected chi connectivity index (χ0v) is 13.3. The van der Waals surface area contributed by atoms with Crippen LogP contribution in [0.2, 0.25) is 0 Å². The van der Waals surface area contributed by atoms with E-state index in [2.05, 4.69) is 74.6 Å². The van der Waals surface area contributed by atoms with Crippen molar-refractivity contribution < 1.29 is 0 Å². The average Bonchev–Trinajstić information content (AvgIpc) is 2.88. The summed E-state index contributed by atoms with van der Waals surface area (Å²) < 4.78 is 0. The predicted molar refractivity (Wildman–Crippen MR) is 89.5 cm³/mol. The summed E-state index contributed by atoms with van der Waals surface area (Å²) in [5.41, 5.74) is 6.00. The number of fused-ring (bicyclic) bond motifs is 1. The molecule has 0 radical (unpaired) electrons. The fourth-order valence-corrected chi connectivity index (χ4v) is 3.13. The highest BCUT2D eigenvalue weighted by molar-refractivity contribution is 5.34. The van der Waals surface area contributed by atoms with Gasteiger partial charge < -0.3 is 5.32 Å². The maximum Gasteiger partial charge on any atom is 0.0329 e. The third kappa shape index (κ3) is 3.19. The molecule has 1 aliphatic rings. The normalized spacial score (nSPS) is 17.8. The highest BCUT2D eigenvalue weighted by Crippen LogP contribution is 2.31. The summed E-state index contributed by atoms with van der Waals surface area (Å²) in [4.78, 5) is 0. The SMILES string of the molecule is CC(C)(C)c1ccc(CNC2CCc3ccccc32)cc1. The van der Waals surface area contributed by atoms with Crippen LogP contribution in [0.5, 0.6) is 0 Å². The lowest BCUT2D eigenvalue weighted by Gasteiger charge is -2.19. The van der Waals surface area contributed by atoms with Gasteiger partial charge >= 0.3 is 0 Å². The van der Waals surface area contributed by atoms with Crippen LogP contribution < -0.4 is 5.32 Å². The van der Waals surface area contributed by atoms with Crippen LogP contribution in [0, 0.1) is 0 Å². The van der Waals surface area contributed by atoms with Crippen LogP contribution >= 0.6 is 0 Å². The van der Waals surface area contributed by atoms with Crippen molar-refractivity contribution in [3.63, 3.8) is 0 Å². The van der Waals surface area contributed by atoms with Crippen molar-refractivity contribution >= 4 is 0 Å². The minimum absolute atomic E-state index is 0.232. The number of hydrogen-bond acceptors (Lipinski definition) is 1. The van der Waals surface area contributed by atoms with Gasteiger partial charge in [0.05, 0.1) is 0 Å². The Balaban J connectivity index is 1.64. The minimum Gasteiger partial charge on any atom is -0.306 e. The van der Waals surface area contributed by atoms with Crippen molar-refractivity contribution in [3.05, 3.63) is 70.8 Å². The molecular weight excluding hydrogens is 254 g/mol. The molecule has 1 nitrogen and oxygen atoms in total. The second-order valence-electron chi connectivity index (χ2n) is 7.12. The molecule has 1 unspecified atom stereocenters. The first-order chi connectivity index (χ1) is 10.0. The molecule has 2 aromatic carbocycles. The van der Waals surface area contributed by atoms with E-state index < -0.39 is 0 Å². The van der Waals surface area contributed by atoms with E-state index in [4.69, 9.17) is 0 Å². The topological polar surface area (TPSA) is 12.0 Å². The zero-order chi connectivity index (χ0) is 14.9. The van der Waals surface area contributed by atoms with Gasteiger partial charge in [-0.1, -0.05) is 69.3 Å². The Kier molecular flexibility index (Phi) is 3.86. The molecular formula is C20H25N. The first-order valence-corrected chi connectivity index (χ1v) is 7.94. The van der Waals surface area contributed by atoms with Crippen molar-refractivity contribution in [1.82, 2.24) is 5.32 Å². The summed E-state index contributed by atoms with van der Waals surface area (Å²) in [6, 6.07) is 18.4. The van der Waals surface area contributed by atoms with Crippen LogP contribution in [0.15, 0.2) is 48.5 Å². The second-order valence-corrected chi connectivity index (χ2v) is 7.12. The van der Waals surface area contributed by atoms with E-state index >= 15 is 0 Å². The van der Waals surface area contributed by atoms with Gasteiger partial charge in [0.2, 0.25) is 0 Å². The molecule has 1 heteroatoms. The van der Waals surface area contributed by atoms with Gasteiger partial charge in [0.25, 0.3) is 0 Å². The predicted octanol–water partition coefficient (Wildman–Crippen LogP) is 4.76. The van der Waals surface area contributed by atoms with Crippen molar-refractivity contribution in [1.29, 1.82) is 0 Å². The van der Waals surface area contributed by atoms with Gasteiger partial charge in [-0.05, 0) is 40.5 Å². The molecule has 1 atom stereocenters. The van der Waals surface area contributed by atoms with Gasteiger partial charge in [0.15, 0.2) is 0 Å². The number of aryl methyl sites for hydroxylation is 1. The van der Waals surface area contributed by atoms with E-state index in [0.29, 0.717) is 6.04 Å². The Bertz CT molecular complexity index is 604. The Morgan fingerprint density at radius 1 is 1.00 bits per heavy atom. The highest BCUT2D eigenvalue weighted by atomic mass is 14.9. The van der Waals surface area contributed by atoms with E-state index in [1.54, 1.807) is 0 Å². The summed E-state index contributed by atoms with van der Waals surface area (Å²) in [6.07, 6.45) is 2.43. The molecule has 3 rings (SSSR count). The van der Waals surface area contributed by atoms with Crippen molar-refractivity contribution in [2.45, 2.75) is 51.6 Å². The summed E-state index contributed by atoms with van der Waals surface area (Å²) in [5.74, 6) is 0. The molecule has 2 aromatic rings. The third-order valence-corrected chi connectivity index (χ3v) is 4.51. The van der Waals surface area contributed by atoms with Gasteiger partial charge in [-0.3, -0.25) is 0 Å². The van der Waals surface area contributed by atoms with Gasteiger partial charge in [0.1, 0.15) is 0 Å². The lowest BCUT2D eigenvalue weighted by atomic mass is 9.87. The Hall–Kier alpha value is -1.60. The van der Waals surface area contributed by atoms with E-state index in [-0.39, 0.29) is 5.41 Å². The number of rotatable bonds is 3. The van der Waals surface area contributed by atoms with E-state index in [0.717, 1.165) is 6.54 Å². The first kappa shape index (κ1) is 14.3. The van der Waals surface area contributed by atoms with Gasteiger partial charge in [0, 0.05) is 12.6 Å². The molecule has 0 saturated heterocycles. The summed E-state index contributed by atoms with van der Waals surface area (Å²) in [7, 11) is 0. The maximum absolute atomic E-state index is 3.71. The van der Waals surface area contributed by atoms with E-state index in [9.17, 15) is 0 Å². The van der Waals surface area contributed by atoms with Gasteiger partial charge in [-0.25, -0.2) is 0 Å². The molecule has 1 aliphatic carbocycles. The average molecular weight is 279 g/mol. The minimum atomic E-state index is 0.232. The molecule has 1 N–H and O–H groups in total. The third-order valence-electron chi connectivity index (χ3n) is 4.51. The van der Waals surface area contributed by atoms with Crippen LogP contribution in [0.3, 0.4) is 0 Å². The molecule has 110 valence electrons. The van der Waals surface area contributed by atoms with Crippen molar-refractivity contribution in [2.75, 3.05) is 0 Å². The molecule has 0 spiro atoms. The van der Waals surface area contributed by atoms with E-state index in [1.807, 2.05) is 0 Å². The number of hydrogen-bond donors (Lipinski definition) is 1. The van der Waals surface area contributed by atoms with Crippen LogP contribution in [-0.2, 0) is 18.4 Å². The van der Waals surface area contributed by atoms with Gasteiger partial charge in [-0.2, -0.15) is 0 Å². The van der Waals surface area contributed by atoms with Crippen LogP contribution in [0.4, 0.5) is 0 Å².